The molecule has 15 heavy (non-hydrogen) atoms. The van der Waals surface area contributed by atoms with Gasteiger partial charge in [0.05, 0.1) is 13.2 Å². The van der Waals surface area contributed by atoms with Crippen molar-refractivity contribution in [2.24, 2.45) is 0 Å². The molecule has 0 aliphatic rings. The zero-order chi connectivity index (χ0) is 10.8. The van der Waals surface area contributed by atoms with Crippen LogP contribution in [-0.2, 0) is 9.78 Å². The van der Waals surface area contributed by atoms with Crippen molar-refractivity contribution in [1.29, 1.82) is 0 Å². The van der Waals surface area contributed by atoms with Crippen LogP contribution < -0.4 is 4.74 Å². The standard InChI is InChI=1S/C12H16O3/c1-2-9-14-15-11-6-10-13-12-7-4-3-5-8-12/h2-5,7-8H,1,6,9-11H2. The van der Waals surface area contributed by atoms with Gasteiger partial charge < -0.3 is 4.74 Å². The number of ether oxygens (including phenoxy) is 1. The van der Waals surface area contributed by atoms with Crippen LogP contribution in [0.1, 0.15) is 6.42 Å². The van der Waals surface area contributed by atoms with Gasteiger partial charge in [-0.2, -0.15) is 0 Å². The lowest BCUT2D eigenvalue weighted by Crippen LogP contribution is -2.03. The number of hydrogen-bond donors (Lipinski definition) is 0. The van der Waals surface area contributed by atoms with Crippen LogP contribution in [0.4, 0.5) is 0 Å². The van der Waals surface area contributed by atoms with E-state index in [9.17, 15) is 0 Å². The molecule has 0 saturated carbocycles. The third-order valence-electron chi connectivity index (χ3n) is 1.65. The van der Waals surface area contributed by atoms with Gasteiger partial charge in [-0.05, 0) is 12.1 Å². The summed E-state index contributed by atoms with van der Waals surface area (Å²) in [6, 6.07) is 9.70. The molecule has 0 N–H and O–H groups in total. The fourth-order valence-electron chi connectivity index (χ4n) is 0.980. The Bertz CT molecular complexity index is 259. The molecule has 0 aromatic heterocycles. The summed E-state index contributed by atoms with van der Waals surface area (Å²) in [5, 5.41) is 0. The molecule has 3 nitrogen and oxygen atoms in total. The van der Waals surface area contributed by atoms with E-state index in [4.69, 9.17) is 14.5 Å². The van der Waals surface area contributed by atoms with Gasteiger partial charge >= 0.3 is 0 Å². The minimum Gasteiger partial charge on any atom is -0.494 e. The zero-order valence-corrected chi connectivity index (χ0v) is 8.72. The van der Waals surface area contributed by atoms with Gasteiger partial charge in [-0.1, -0.05) is 24.3 Å². The SMILES string of the molecule is C=CCOOCCCOc1ccccc1. The monoisotopic (exact) mass is 208 g/mol. The van der Waals surface area contributed by atoms with Crippen molar-refractivity contribution >= 4 is 0 Å². The van der Waals surface area contributed by atoms with Crippen molar-refractivity contribution < 1.29 is 14.5 Å². The summed E-state index contributed by atoms with van der Waals surface area (Å²) >= 11 is 0. The maximum absolute atomic E-state index is 5.46. The molecule has 1 rings (SSSR count). The van der Waals surface area contributed by atoms with Gasteiger partial charge in [-0.15, -0.1) is 6.58 Å². The minimum atomic E-state index is 0.416. The highest BCUT2D eigenvalue weighted by atomic mass is 17.2. The molecule has 0 aliphatic carbocycles. The molecule has 0 radical (unpaired) electrons. The molecular weight excluding hydrogens is 192 g/mol. The molecule has 0 bridgehead atoms. The van der Waals surface area contributed by atoms with Crippen LogP contribution in [-0.4, -0.2) is 19.8 Å². The van der Waals surface area contributed by atoms with Crippen molar-refractivity contribution in [1.82, 2.24) is 0 Å². The molecule has 0 amide bonds. The molecule has 0 aliphatic heterocycles. The highest BCUT2D eigenvalue weighted by Crippen LogP contribution is 2.08. The summed E-state index contributed by atoms with van der Waals surface area (Å²) in [5.74, 6) is 0.879. The third kappa shape index (κ3) is 5.88. The first-order valence-electron chi connectivity index (χ1n) is 4.96. The fourth-order valence-corrected chi connectivity index (χ4v) is 0.980. The average molecular weight is 208 g/mol. The molecule has 0 fully saturated rings. The molecule has 82 valence electrons. The van der Waals surface area contributed by atoms with E-state index < -0.39 is 0 Å². The van der Waals surface area contributed by atoms with E-state index in [0.717, 1.165) is 12.2 Å². The Hall–Kier alpha value is -1.32. The first-order valence-corrected chi connectivity index (χ1v) is 4.96. The summed E-state index contributed by atoms with van der Waals surface area (Å²) in [6.45, 7) is 5.08. The second-order valence-corrected chi connectivity index (χ2v) is 2.91. The summed E-state index contributed by atoms with van der Waals surface area (Å²) in [7, 11) is 0. The van der Waals surface area contributed by atoms with E-state index in [1.54, 1.807) is 6.08 Å². The third-order valence-corrected chi connectivity index (χ3v) is 1.65. The van der Waals surface area contributed by atoms with Crippen molar-refractivity contribution in [2.75, 3.05) is 19.8 Å². The summed E-state index contributed by atoms with van der Waals surface area (Å²) in [6.07, 6.45) is 2.44. The smallest absolute Gasteiger partial charge is 0.119 e. The van der Waals surface area contributed by atoms with Crippen LogP contribution in [0.5, 0.6) is 5.75 Å². The predicted octanol–water partition coefficient (Wildman–Crippen LogP) is 2.59. The Morgan fingerprint density at radius 2 is 1.87 bits per heavy atom. The van der Waals surface area contributed by atoms with Gasteiger partial charge in [-0.3, -0.25) is 0 Å². The van der Waals surface area contributed by atoms with Crippen molar-refractivity contribution in [2.45, 2.75) is 6.42 Å². The number of benzene rings is 1. The van der Waals surface area contributed by atoms with Crippen molar-refractivity contribution in [3.8, 4) is 5.75 Å². The van der Waals surface area contributed by atoms with E-state index in [0.29, 0.717) is 19.8 Å². The Labute approximate surface area is 90.2 Å². The zero-order valence-electron chi connectivity index (χ0n) is 8.72. The molecule has 0 saturated heterocycles. The minimum absolute atomic E-state index is 0.416. The maximum atomic E-state index is 5.46. The fraction of sp³-hybridized carbons (Fsp3) is 0.333. The lowest BCUT2D eigenvalue weighted by atomic mass is 10.3. The van der Waals surface area contributed by atoms with Gasteiger partial charge in [0.2, 0.25) is 0 Å². The Morgan fingerprint density at radius 3 is 2.60 bits per heavy atom. The van der Waals surface area contributed by atoms with E-state index in [-0.39, 0.29) is 0 Å². The summed E-state index contributed by atoms with van der Waals surface area (Å²) < 4.78 is 5.46. The van der Waals surface area contributed by atoms with E-state index >= 15 is 0 Å². The molecule has 0 spiro atoms. The van der Waals surface area contributed by atoms with Crippen molar-refractivity contribution in [3.63, 3.8) is 0 Å². The normalized spacial score (nSPS) is 9.87. The van der Waals surface area contributed by atoms with Crippen LogP contribution in [0.15, 0.2) is 43.0 Å². The predicted molar refractivity (Wildman–Crippen MR) is 58.7 cm³/mol. The van der Waals surface area contributed by atoms with Crippen LogP contribution in [0.25, 0.3) is 0 Å². The molecule has 1 aromatic carbocycles. The molecular formula is C12H16O3. The van der Waals surface area contributed by atoms with E-state index in [1.807, 2.05) is 30.3 Å². The molecule has 0 unspecified atom stereocenters. The van der Waals surface area contributed by atoms with Gasteiger partial charge in [0, 0.05) is 6.42 Å². The van der Waals surface area contributed by atoms with Gasteiger partial charge in [-0.25, -0.2) is 9.78 Å². The first kappa shape index (κ1) is 11.8. The topological polar surface area (TPSA) is 27.7 Å². The number of para-hydroxylation sites is 1. The van der Waals surface area contributed by atoms with Gasteiger partial charge in [0.1, 0.15) is 12.4 Å². The second-order valence-electron chi connectivity index (χ2n) is 2.91. The molecule has 1 aromatic rings. The lowest BCUT2D eigenvalue weighted by Gasteiger charge is -2.05. The number of hydrogen-bond acceptors (Lipinski definition) is 3. The molecule has 0 atom stereocenters. The summed E-state index contributed by atoms with van der Waals surface area (Å²) in [4.78, 5) is 9.62. The number of rotatable bonds is 8. The van der Waals surface area contributed by atoms with Gasteiger partial charge in [0.15, 0.2) is 0 Å². The molecule has 3 heteroatoms. The van der Waals surface area contributed by atoms with Crippen molar-refractivity contribution in [3.05, 3.63) is 43.0 Å². The average Bonchev–Trinajstić information content (AvgIpc) is 2.29. The van der Waals surface area contributed by atoms with Crippen LogP contribution >= 0.6 is 0 Å². The molecule has 0 heterocycles. The van der Waals surface area contributed by atoms with Crippen LogP contribution in [0.3, 0.4) is 0 Å². The maximum Gasteiger partial charge on any atom is 0.119 e. The second kappa shape index (κ2) is 8.03. The van der Waals surface area contributed by atoms with Crippen LogP contribution in [0.2, 0.25) is 0 Å². The lowest BCUT2D eigenvalue weighted by molar-refractivity contribution is -0.287. The van der Waals surface area contributed by atoms with E-state index in [1.165, 1.54) is 0 Å². The largest absolute Gasteiger partial charge is 0.494 e. The Kier molecular flexibility index (Phi) is 6.29. The summed E-state index contributed by atoms with van der Waals surface area (Å²) in [5.41, 5.74) is 0. The quantitative estimate of drug-likeness (QED) is 0.284. The van der Waals surface area contributed by atoms with Crippen LogP contribution in [0, 0.1) is 0 Å². The van der Waals surface area contributed by atoms with Gasteiger partial charge in [0.25, 0.3) is 0 Å². The van der Waals surface area contributed by atoms with E-state index in [2.05, 4.69) is 6.58 Å². The Balaban J connectivity index is 1.95. The highest BCUT2D eigenvalue weighted by molar-refractivity contribution is 5.20. The first-order chi connectivity index (χ1) is 7.43. The Morgan fingerprint density at radius 1 is 1.07 bits per heavy atom. The highest BCUT2D eigenvalue weighted by Gasteiger charge is 1.92.